The van der Waals surface area contributed by atoms with Crippen LogP contribution < -0.4 is 0 Å². The van der Waals surface area contributed by atoms with Crippen molar-refractivity contribution in [2.45, 2.75) is 103 Å². The van der Waals surface area contributed by atoms with Crippen molar-refractivity contribution in [3.05, 3.63) is 0 Å². The van der Waals surface area contributed by atoms with E-state index in [1.165, 1.54) is 39.2 Å². The summed E-state index contributed by atoms with van der Waals surface area (Å²) in [7, 11) is 1.34. The maximum atomic E-state index is 11.8. The average molecular weight is 330 g/mol. The lowest BCUT2D eigenvalue weighted by Crippen LogP contribution is -2.34. The third-order valence-electron chi connectivity index (χ3n) is 4.26. The molecule has 5 heteroatoms. The molecule has 1 rings (SSSR count). The molecule has 1 saturated heterocycles. The average Bonchev–Trinajstić information content (AvgIpc) is 2.80. The number of hydrogen-bond acceptors (Lipinski definition) is 5. The highest BCUT2D eigenvalue weighted by molar-refractivity contribution is 5.75. The molecule has 0 aromatic carbocycles. The lowest BCUT2D eigenvalue weighted by atomic mass is 10.0. The van der Waals surface area contributed by atoms with Gasteiger partial charge in [-0.2, -0.15) is 0 Å². The molecule has 1 aliphatic rings. The Balaban J connectivity index is 2.26. The minimum atomic E-state index is -0.817. The zero-order valence-electron chi connectivity index (χ0n) is 15.2. The highest BCUT2D eigenvalue weighted by Gasteiger charge is 2.46. The first-order valence-corrected chi connectivity index (χ1v) is 9.01. The van der Waals surface area contributed by atoms with Gasteiger partial charge in [0.1, 0.15) is 6.10 Å². The Morgan fingerprint density at radius 3 is 2.35 bits per heavy atom. The van der Waals surface area contributed by atoms with Crippen molar-refractivity contribution in [1.82, 2.24) is 0 Å². The fourth-order valence-electron chi connectivity index (χ4n) is 3.05. The van der Waals surface area contributed by atoms with Crippen molar-refractivity contribution >= 4 is 5.97 Å². The summed E-state index contributed by atoms with van der Waals surface area (Å²) in [4.78, 5) is 11.8. The van der Waals surface area contributed by atoms with Crippen LogP contribution in [0.2, 0.25) is 0 Å². The third kappa shape index (κ3) is 7.64. The van der Waals surface area contributed by atoms with Crippen LogP contribution in [0.5, 0.6) is 0 Å². The van der Waals surface area contributed by atoms with E-state index in [2.05, 4.69) is 6.92 Å². The molecule has 0 unspecified atom stereocenters. The molecule has 0 aromatic rings. The Labute approximate surface area is 140 Å². The van der Waals surface area contributed by atoms with E-state index < -0.39 is 30.1 Å². The predicted octanol–water partition coefficient (Wildman–Crippen LogP) is 3.57. The number of esters is 1. The van der Waals surface area contributed by atoms with E-state index in [0.29, 0.717) is 6.42 Å². The number of methoxy groups -OCH3 is 1. The molecule has 1 heterocycles. The standard InChI is InChI=1S/C18H34O5/c1-5-6-7-8-9-10-11-12-14(19)13-15-16(17(20)21-4)23-18(2,3)22-15/h14-16,19H,5-13H2,1-4H3/t14-,15+,16-/m0/s1. The Morgan fingerprint density at radius 1 is 1.13 bits per heavy atom. The van der Waals surface area contributed by atoms with Crippen molar-refractivity contribution in [3.63, 3.8) is 0 Å². The van der Waals surface area contributed by atoms with E-state index in [1.54, 1.807) is 13.8 Å². The van der Waals surface area contributed by atoms with Crippen LogP contribution in [0.15, 0.2) is 0 Å². The predicted molar refractivity (Wildman–Crippen MR) is 89.1 cm³/mol. The summed E-state index contributed by atoms with van der Waals surface area (Å²) in [6.45, 7) is 5.76. The molecule has 1 fully saturated rings. The first kappa shape index (κ1) is 20.4. The van der Waals surface area contributed by atoms with Gasteiger partial charge >= 0.3 is 5.97 Å². The number of hydrogen-bond donors (Lipinski definition) is 1. The van der Waals surface area contributed by atoms with Crippen LogP contribution >= 0.6 is 0 Å². The first-order valence-electron chi connectivity index (χ1n) is 9.01. The van der Waals surface area contributed by atoms with Gasteiger partial charge in [0.05, 0.1) is 13.2 Å². The van der Waals surface area contributed by atoms with Gasteiger partial charge in [-0.3, -0.25) is 0 Å². The van der Waals surface area contributed by atoms with Gasteiger partial charge in [0.2, 0.25) is 0 Å². The maximum absolute atomic E-state index is 11.8. The third-order valence-corrected chi connectivity index (χ3v) is 4.26. The van der Waals surface area contributed by atoms with Crippen molar-refractivity contribution in [1.29, 1.82) is 0 Å². The topological polar surface area (TPSA) is 65.0 Å². The summed E-state index contributed by atoms with van der Waals surface area (Å²) in [6, 6.07) is 0. The number of carbonyl (C=O) groups excluding carboxylic acids is 1. The van der Waals surface area contributed by atoms with Gasteiger partial charge in [-0.1, -0.05) is 51.9 Å². The molecule has 136 valence electrons. The number of unbranched alkanes of at least 4 members (excludes halogenated alkanes) is 6. The summed E-state index contributed by atoms with van der Waals surface area (Å²) in [5.74, 6) is -1.26. The lowest BCUT2D eigenvalue weighted by Gasteiger charge is -2.19. The van der Waals surface area contributed by atoms with E-state index in [1.807, 2.05) is 0 Å². The molecule has 0 spiro atoms. The van der Waals surface area contributed by atoms with Gasteiger partial charge in [0, 0.05) is 6.42 Å². The number of aliphatic hydroxyl groups excluding tert-OH is 1. The van der Waals surface area contributed by atoms with E-state index >= 15 is 0 Å². The largest absolute Gasteiger partial charge is 0.467 e. The number of ether oxygens (including phenoxy) is 3. The molecule has 5 nitrogen and oxygen atoms in total. The normalized spacial score (nSPS) is 24.6. The maximum Gasteiger partial charge on any atom is 0.337 e. The molecule has 0 aromatic heterocycles. The van der Waals surface area contributed by atoms with E-state index in [4.69, 9.17) is 14.2 Å². The zero-order chi connectivity index (χ0) is 17.3. The van der Waals surface area contributed by atoms with E-state index in [9.17, 15) is 9.90 Å². The van der Waals surface area contributed by atoms with Crippen LogP contribution in [0.4, 0.5) is 0 Å². The molecule has 0 bridgehead atoms. The molecule has 0 amide bonds. The minimum absolute atomic E-state index is 0.402. The van der Waals surface area contributed by atoms with Gasteiger partial charge in [-0.25, -0.2) is 4.79 Å². The molecule has 3 atom stereocenters. The highest BCUT2D eigenvalue weighted by atomic mass is 16.8. The summed E-state index contributed by atoms with van der Waals surface area (Å²) >= 11 is 0. The van der Waals surface area contributed by atoms with Crippen LogP contribution in [0.1, 0.15) is 78.6 Å². The summed E-state index contributed by atoms with van der Waals surface area (Å²) in [5, 5.41) is 10.2. The molecule has 0 saturated carbocycles. The van der Waals surface area contributed by atoms with Crippen molar-refractivity contribution < 1.29 is 24.1 Å². The molecule has 1 N–H and O–H groups in total. The minimum Gasteiger partial charge on any atom is -0.467 e. The number of carbonyl (C=O) groups is 1. The molecule has 0 aliphatic carbocycles. The Morgan fingerprint density at radius 2 is 1.74 bits per heavy atom. The van der Waals surface area contributed by atoms with Crippen LogP contribution in [0.3, 0.4) is 0 Å². The molecular weight excluding hydrogens is 296 g/mol. The Hall–Kier alpha value is -0.650. The Bertz CT molecular complexity index is 342. The number of aliphatic hydroxyl groups is 1. The first-order chi connectivity index (χ1) is 10.9. The van der Waals surface area contributed by atoms with Crippen LogP contribution in [-0.4, -0.2) is 42.3 Å². The van der Waals surface area contributed by atoms with Gasteiger partial charge < -0.3 is 19.3 Å². The summed E-state index contributed by atoms with van der Waals surface area (Å²) < 4.78 is 16.1. The fourth-order valence-corrected chi connectivity index (χ4v) is 3.05. The fraction of sp³-hybridized carbons (Fsp3) is 0.944. The second-order valence-electron chi connectivity index (χ2n) is 6.92. The zero-order valence-corrected chi connectivity index (χ0v) is 15.2. The van der Waals surface area contributed by atoms with E-state index in [0.717, 1.165) is 19.3 Å². The van der Waals surface area contributed by atoms with Crippen LogP contribution in [-0.2, 0) is 19.0 Å². The molecule has 0 radical (unpaired) electrons. The SMILES string of the molecule is CCCCCCCCC[C@H](O)C[C@H]1OC(C)(C)O[C@@H]1C(=O)OC. The van der Waals surface area contributed by atoms with Gasteiger partial charge in [-0.15, -0.1) is 0 Å². The summed E-state index contributed by atoms with van der Waals surface area (Å²) in [5.41, 5.74) is 0. The van der Waals surface area contributed by atoms with Gasteiger partial charge in [-0.05, 0) is 20.3 Å². The van der Waals surface area contributed by atoms with Gasteiger partial charge in [0.25, 0.3) is 0 Å². The van der Waals surface area contributed by atoms with E-state index in [-0.39, 0.29) is 0 Å². The Kier molecular flexibility index (Phi) is 9.10. The summed E-state index contributed by atoms with van der Waals surface area (Å²) in [6.07, 6.45) is 8.02. The van der Waals surface area contributed by atoms with Gasteiger partial charge in [0.15, 0.2) is 11.9 Å². The number of rotatable bonds is 11. The van der Waals surface area contributed by atoms with Crippen LogP contribution in [0, 0.1) is 0 Å². The lowest BCUT2D eigenvalue weighted by molar-refractivity contribution is -0.168. The van der Waals surface area contributed by atoms with Crippen molar-refractivity contribution in [2.24, 2.45) is 0 Å². The molecule has 23 heavy (non-hydrogen) atoms. The molecule has 1 aliphatic heterocycles. The van der Waals surface area contributed by atoms with Crippen molar-refractivity contribution in [2.75, 3.05) is 7.11 Å². The highest BCUT2D eigenvalue weighted by Crippen LogP contribution is 2.31. The van der Waals surface area contributed by atoms with Crippen LogP contribution in [0.25, 0.3) is 0 Å². The van der Waals surface area contributed by atoms with Crippen molar-refractivity contribution in [3.8, 4) is 0 Å². The smallest absolute Gasteiger partial charge is 0.337 e. The molecular formula is C18H34O5. The quantitative estimate of drug-likeness (QED) is 0.463. The second-order valence-corrected chi connectivity index (χ2v) is 6.92. The second kappa shape index (κ2) is 10.3. The monoisotopic (exact) mass is 330 g/mol.